The fourth-order valence-corrected chi connectivity index (χ4v) is 1.76. The molecule has 7 heteroatoms. The quantitative estimate of drug-likeness (QED) is 0.938. The summed E-state index contributed by atoms with van der Waals surface area (Å²) < 4.78 is 39.7. The van der Waals surface area contributed by atoms with E-state index in [1.165, 1.54) is 25.1 Å². The summed E-state index contributed by atoms with van der Waals surface area (Å²) in [6.07, 6.45) is -1.63. The van der Waals surface area contributed by atoms with Crippen molar-refractivity contribution in [3.8, 4) is 5.69 Å². The predicted molar refractivity (Wildman–Crippen MR) is 64.9 cm³/mol. The van der Waals surface area contributed by atoms with Crippen LogP contribution in [0.4, 0.5) is 13.2 Å². The van der Waals surface area contributed by atoms with Crippen LogP contribution < -0.4 is 0 Å². The van der Waals surface area contributed by atoms with E-state index in [-0.39, 0.29) is 16.9 Å². The lowest BCUT2D eigenvalue weighted by molar-refractivity contribution is 0.0691. The lowest BCUT2D eigenvalue weighted by Gasteiger charge is -2.07. The van der Waals surface area contributed by atoms with Crippen LogP contribution in [0.1, 0.15) is 28.9 Å². The van der Waals surface area contributed by atoms with E-state index in [4.69, 9.17) is 5.11 Å². The van der Waals surface area contributed by atoms with Gasteiger partial charge in [-0.15, -0.1) is 0 Å². The molecule has 106 valence electrons. The molecule has 4 nitrogen and oxygen atoms in total. The molecule has 0 amide bonds. The third-order valence-corrected chi connectivity index (χ3v) is 2.86. The van der Waals surface area contributed by atoms with Crippen LogP contribution in [0.25, 0.3) is 5.69 Å². The summed E-state index contributed by atoms with van der Waals surface area (Å²) in [4.78, 5) is 11.1. The summed E-state index contributed by atoms with van der Waals surface area (Å²) in [5.41, 5.74) is -0.279. The van der Waals surface area contributed by atoms with Gasteiger partial charge in [-0.2, -0.15) is 5.10 Å². The van der Waals surface area contributed by atoms with E-state index in [1.807, 2.05) is 0 Å². The Morgan fingerprint density at radius 2 is 2.10 bits per heavy atom. The number of halogens is 3. The van der Waals surface area contributed by atoms with Crippen molar-refractivity contribution >= 4 is 5.97 Å². The summed E-state index contributed by atoms with van der Waals surface area (Å²) in [5.74, 6) is -3.20. The van der Waals surface area contributed by atoms with Gasteiger partial charge in [0.2, 0.25) is 6.43 Å². The predicted octanol–water partition coefficient (Wildman–Crippen LogP) is 3.08. The largest absolute Gasteiger partial charge is 0.478 e. The zero-order valence-electron chi connectivity index (χ0n) is 10.4. The van der Waals surface area contributed by atoms with Crippen LogP contribution in [-0.2, 0) is 0 Å². The molecule has 1 aromatic carbocycles. The van der Waals surface area contributed by atoms with Gasteiger partial charge in [0.1, 0.15) is 11.4 Å². The maximum Gasteiger partial charge on any atom is 0.339 e. The van der Waals surface area contributed by atoms with Crippen molar-refractivity contribution in [2.45, 2.75) is 19.3 Å². The molecule has 0 aliphatic carbocycles. The second-order valence-corrected chi connectivity index (χ2v) is 4.28. The molecule has 0 bridgehead atoms. The van der Waals surface area contributed by atoms with E-state index in [0.717, 1.165) is 16.9 Å². The molecule has 0 spiro atoms. The van der Waals surface area contributed by atoms with Crippen molar-refractivity contribution in [1.29, 1.82) is 0 Å². The second-order valence-electron chi connectivity index (χ2n) is 4.28. The van der Waals surface area contributed by atoms with Gasteiger partial charge < -0.3 is 5.11 Å². The van der Waals surface area contributed by atoms with Crippen LogP contribution in [0.3, 0.4) is 0 Å². The summed E-state index contributed by atoms with van der Waals surface area (Å²) in [5, 5.41) is 12.9. The zero-order valence-corrected chi connectivity index (χ0v) is 10.4. The van der Waals surface area contributed by atoms with E-state index in [1.54, 1.807) is 0 Å². The van der Waals surface area contributed by atoms with Crippen LogP contribution in [0.15, 0.2) is 30.5 Å². The van der Waals surface area contributed by atoms with Gasteiger partial charge in [0.25, 0.3) is 0 Å². The molecule has 0 fully saturated rings. The van der Waals surface area contributed by atoms with Gasteiger partial charge in [0.15, 0.2) is 0 Å². The second kappa shape index (κ2) is 5.36. The topological polar surface area (TPSA) is 55.1 Å². The van der Waals surface area contributed by atoms with Gasteiger partial charge in [0.05, 0.1) is 17.3 Å². The Bertz CT molecular complexity index is 640. The number of aromatic carboxylic acids is 1. The first-order valence-corrected chi connectivity index (χ1v) is 5.77. The van der Waals surface area contributed by atoms with Crippen LogP contribution in [-0.4, -0.2) is 27.3 Å². The first kappa shape index (κ1) is 14.1. The van der Waals surface area contributed by atoms with Gasteiger partial charge in [-0.3, -0.25) is 0 Å². The number of aromatic nitrogens is 2. The fourth-order valence-electron chi connectivity index (χ4n) is 1.76. The highest BCUT2D eigenvalue weighted by Crippen LogP contribution is 2.25. The van der Waals surface area contributed by atoms with E-state index in [2.05, 4.69) is 5.10 Å². The number of hydrogen-bond donors (Lipinski definition) is 1. The molecule has 2 aromatic rings. The van der Waals surface area contributed by atoms with E-state index in [9.17, 15) is 18.0 Å². The summed E-state index contributed by atoms with van der Waals surface area (Å²) in [6, 6.07) is 5.27. The smallest absolute Gasteiger partial charge is 0.339 e. The van der Waals surface area contributed by atoms with Crippen molar-refractivity contribution in [1.82, 2.24) is 9.78 Å². The SMILES string of the molecule is CC(c1nn(-c2cccc(F)c2)cc1C(=O)O)C(F)F. The zero-order chi connectivity index (χ0) is 14.9. The van der Waals surface area contributed by atoms with Crippen molar-refractivity contribution in [2.24, 2.45) is 0 Å². The van der Waals surface area contributed by atoms with Gasteiger partial charge in [0, 0.05) is 6.20 Å². The highest BCUT2D eigenvalue weighted by Gasteiger charge is 2.27. The third-order valence-electron chi connectivity index (χ3n) is 2.86. The molecule has 0 aliphatic rings. The van der Waals surface area contributed by atoms with Crippen molar-refractivity contribution in [2.75, 3.05) is 0 Å². The number of alkyl halides is 2. The minimum atomic E-state index is -2.73. The Morgan fingerprint density at radius 3 is 2.65 bits per heavy atom. The number of nitrogens with zero attached hydrogens (tertiary/aromatic N) is 2. The molecular weight excluding hydrogens is 273 g/mol. The molecule has 0 aliphatic heterocycles. The number of carbonyl (C=O) groups is 1. The average molecular weight is 284 g/mol. The molecule has 1 aromatic heterocycles. The Balaban J connectivity index is 2.52. The van der Waals surface area contributed by atoms with Crippen LogP contribution >= 0.6 is 0 Å². The molecule has 1 unspecified atom stereocenters. The van der Waals surface area contributed by atoms with E-state index >= 15 is 0 Å². The average Bonchev–Trinajstić information content (AvgIpc) is 2.82. The van der Waals surface area contributed by atoms with Crippen LogP contribution in [0, 0.1) is 5.82 Å². The van der Waals surface area contributed by atoms with Gasteiger partial charge in [-0.05, 0) is 18.2 Å². The highest BCUT2D eigenvalue weighted by molar-refractivity contribution is 5.89. The normalized spacial score (nSPS) is 12.7. The van der Waals surface area contributed by atoms with Crippen molar-refractivity contribution < 1.29 is 23.1 Å². The first-order chi connectivity index (χ1) is 9.40. The maximum atomic E-state index is 13.1. The van der Waals surface area contributed by atoms with Crippen molar-refractivity contribution in [3.05, 3.63) is 47.5 Å². The van der Waals surface area contributed by atoms with Gasteiger partial charge >= 0.3 is 5.97 Å². The monoisotopic (exact) mass is 284 g/mol. The van der Waals surface area contributed by atoms with Crippen LogP contribution in [0.5, 0.6) is 0 Å². The summed E-state index contributed by atoms with van der Waals surface area (Å²) >= 11 is 0. The Labute approximate surface area is 112 Å². The number of carboxylic acids is 1. The van der Waals surface area contributed by atoms with Gasteiger partial charge in [-0.1, -0.05) is 13.0 Å². The molecule has 1 heterocycles. The van der Waals surface area contributed by atoms with Crippen molar-refractivity contribution in [3.63, 3.8) is 0 Å². The van der Waals surface area contributed by atoms with E-state index < -0.39 is 24.1 Å². The Kier molecular flexibility index (Phi) is 3.78. The molecule has 0 radical (unpaired) electrons. The number of benzene rings is 1. The standard InChI is InChI=1S/C13H11F3N2O2/c1-7(12(15)16)11-10(13(19)20)6-18(17-11)9-4-2-3-8(14)5-9/h2-7,12H,1H3,(H,19,20). The van der Waals surface area contributed by atoms with Gasteiger partial charge in [-0.25, -0.2) is 22.6 Å². The molecule has 2 rings (SSSR count). The third kappa shape index (κ3) is 2.66. The maximum absolute atomic E-state index is 13.1. The Hall–Kier alpha value is -2.31. The molecule has 1 N–H and O–H groups in total. The molecular formula is C13H11F3N2O2. The summed E-state index contributed by atoms with van der Waals surface area (Å²) in [7, 11) is 0. The first-order valence-electron chi connectivity index (χ1n) is 5.77. The fraction of sp³-hybridized carbons (Fsp3) is 0.231. The minimum absolute atomic E-state index is 0.225. The summed E-state index contributed by atoms with van der Waals surface area (Å²) in [6.45, 7) is 1.19. The number of hydrogen-bond acceptors (Lipinski definition) is 2. The molecule has 0 saturated heterocycles. The number of rotatable bonds is 4. The molecule has 1 atom stereocenters. The lowest BCUT2D eigenvalue weighted by atomic mass is 10.1. The van der Waals surface area contributed by atoms with Crippen LogP contribution in [0.2, 0.25) is 0 Å². The van der Waals surface area contributed by atoms with E-state index in [0.29, 0.717) is 0 Å². The number of carboxylic acid groups (broad SMARTS) is 1. The lowest BCUT2D eigenvalue weighted by Crippen LogP contribution is -2.10. The molecule has 0 saturated carbocycles. The highest BCUT2D eigenvalue weighted by atomic mass is 19.3. The minimum Gasteiger partial charge on any atom is -0.478 e. The Morgan fingerprint density at radius 1 is 1.40 bits per heavy atom. The molecule has 20 heavy (non-hydrogen) atoms.